The lowest BCUT2D eigenvalue weighted by atomic mass is 10.0. The van der Waals surface area contributed by atoms with Gasteiger partial charge in [0.15, 0.2) is 0 Å². The van der Waals surface area contributed by atoms with Crippen LogP contribution in [0.3, 0.4) is 0 Å². The van der Waals surface area contributed by atoms with Gasteiger partial charge in [0.1, 0.15) is 0 Å². The molecule has 1 heterocycles. The zero-order valence-corrected chi connectivity index (χ0v) is 10.4. The highest BCUT2D eigenvalue weighted by Gasteiger charge is 2.13. The summed E-state index contributed by atoms with van der Waals surface area (Å²) in [4.78, 5) is 2.34. The van der Waals surface area contributed by atoms with Crippen LogP contribution >= 0.6 is 0 Å². The second-order valence-corrected chi connectivity index (χ2v) is 4.48. The molecule has 0 amide bonds. The first-order valence-corrected chi connectivity index (χ1v) is 6.11. The highest BCUT2D eigenvalue weighted by Crippen LogP contribution is 2.23. The van der Waals surface area contributed by atoms with Gasteiger partial charge in [-0.15, -0.1) is 0 Å². The summed E-state index contributed by atoms with van der Waals surface area (Å²) in [5.74, 6) is 0. The summed E-state index contributed by atoms with van der Waals surface area (Å²) in [6, 6.07) is 6.35. The van der Waals surface area contributed by atoms with Gasteiger partial charge in [-0.3, -0.25) is 0 Å². The van der Waals surface area contributed by atoms with Gasteiger partial charge >= 0.3 is 0 Å². The van der Waals surface area contributed by atoms with E-state index >= 15 is 0 Å². The lowest BCUT2D eigenvalue weighted by Gasteiger charge is -2.29. The largest absolute Gasteiger partial charge is 0.378 e. The molecule has 4 heteroatoms. The van der Waals surface area contributed by atoms with Crippen LogP contribution in [-0.4, -0.2) is 32.8 Å². The molecule has 1 saturated heterocycles. The van der Waals surface area contributed by atoms with E-state index in [4.69, 9.17) is 16.2 Å². The quantitative estimate of drug-likeness (QED) is 0.813. The third-order valence-corrected chi connectivity index (χ3v) is 3.28. The number of benzene rings is 1. The van der Waals surface area contributed by atoms with E-state index in [1.54, 1.807) is 0 Å². The molecule has 0 spiro atoms. The number of rotatable bonds is 3. The van der Waals surface area contributed by atoms with Crippen molar-refractivity contribution in [3.8, 4) is 0 Å². The highest BCUT2D eigenvalue weighted by atomic mass is 16.5. The predicted molar refractivity (Wildman–Crippen MR) is 70.2 cm³/mol. The van der Waals surface area contributed by atoms with E-state index in [9.17, 15) is 0 Å². The van der Waals surface area contributed by atoms with Crippen molar-refractivity contribution in [3.05, 3.63) is 29.3 Å². The molecule has 0 radical (unpaired) electrons. The fourth-order valence-corrected chi connectivity index (χ4v) is 2.22. The molecule has 0 aliphatic carbocycles. The Morgan fingerprint density at radius 3 is 2.65 bits per heavy atom. The normalized spacial score (nSPS) is 18.2. The minimum Gasteiger partial charge on any atom is -0.378 e. The Labute approximate surface area is 103 Å². The third-order valence-electron chi connectivity index (χ3n) is 3.28. The Kier molecular flexibility index (Phi) is 3.99. The molecule has 94 valence electrons. The Morgan fingerprint density at radius 2 is 2.06 bits per heavy atom. The lowest BCUT2D eigenvalue weighted by Crippen LogP contribution is -2.36. The Balaban J connectivity index is 2.17. The van der Waals surface area contributed by atoms with Crippen molar-refractivity contribution in [2.75, 3.05) is 37.7 Å². The molecular formula is C13H21N3O. The number of aryl methyl sites for hydroxylation is 1. The molecule has 1 aliphatic heterocycles. The average molecular weight is 235 g/mol. The highest BCUT2D eigenvalue weighted by molar-refractivity contribution is 5.51. The van der Waals surface area contributed by atoms with Crippen LogP contribution in [-0.2, 0) is 4.74 Å². The number of hydrogen-bond donors (Lipinski definition) is 2. The molecule has 1 aliphatic rings. The van der Waals surface area contributed by atoms with E-state index < -0.39 is 0 Å². The van der Waals surface area contributed by atoms with Crippen LogP contribution in [0.5, 0.6) is 0 Å². The average Bonchev–Trinajstić information content (AvgIpc) is 2.39. The molecule has 1 aromatic rings. The Morgan fingerprint density at radius 1 is 1.35 bits per heavy atom. The molecule has 2 rings (SSSR count). The van der Waals surface area contributed by atoms with Crippen molar-refractivity contribution in [3.63, 3.8) is 0 Å². The van der Waals surface area contributed by atoms with Gasteiger partial charge in [0.25, 0.3) is 0 Å². The van der Waals surface area contributed by atoms with Crippen LogP contribution in [0.2, 0.25) is 0 Å². The zero-order valence-electron chi connectivity index (χ0n) is 10.4. The summed E-state index contributed by atoms with van der Waals surface area (Å²) < 4.78 is 5.35. The number of morpholine rings is 1. The second-order valence-electron chi connectivity index (χ2n) is 4.48. The smallest absolute Gasteiger partial charge is 0.0642 e. The number of nitrogens with two attached hydrogens (primary N) is 2. The fraction of sp³-hybridized carbons (Fsp3) is 0.538. The number of ether oxygens (including phenoxy) is 1. The summed E-state index contributed by atoms with van der Waals surface area (Å²) in [5.41, 5.74) is 15.2. The minimum atomic E-state index is -0.0614. The van der Waals surface area contributed by atoms with E-state index in [0.717, 1.165) is 31.9 Å². The van der Waals surface area contributed by atoms with E-state index in [0.29, 0.717) is 6.54 Å². The maximum absolute atomic E-state index is 5.97. The molecule has 0 aromatic heterocycles. The first kappa shape index (κ1) is 12.4. The van der Waals surface area contributed by atoms with Gasteiger partial charge in [-0.05, 0) is 30.2 Å². The Hall–Kier alpha value is -1.10. The van der Waals surface area contributed by atoms with Crippen molar-refractivity contribution >= 4 is 5.69 Å². The number of nitrogens with zero attached hydrogens (tertiary/aromatic N) is 1. The molecule has 4 N–H and O–H groups in total. The molecule has 0 bridgehead atoms. The Bertz CT molecular complexity index is 375. The van der Waals surface area contributed by atoms with Crippen LogP contribution in [0, 0.1) is 6.92 Å². The van der Waals surface area contributed by atoms with E-state index in [1.165, 1.54) is 11.3 Å². The molecule has 0 unspecified atom stereocenters. The first-order valence-electron chi connectivity index (χ1n) is 6.11. The molecule has 0 saturated carbocycles. The predicted octanol–water partition coefficient (Wildman–Crippen LogP) is 0.790. The summed E-state index contributed by atoms with van der Waals surface area (Å²) in [5, 5.41) is 0. The maximum atomic E-state index is 5.97. The first-order chi connectivity index (χ1) is 8.22. The number of anilines is 1. The monoisotopic (exact) mass is 235 g/mol. The third kappa shape index (κ3) is 2.77. The second kappa shape index (κ2) is 5.49. The zero-order chi connectivity index (χ0) is 12.3. The van der Waals surface area contributed by atoms with E-state index in [-0.39, 0.29) is 6.04 Å². The summed E-state index contributed by atoms with van der Waals surface area (Å²) >= 11 is 0. The van der Waals surface area contributed by atoms with Gasteiger partial charge in [-0.2, -0.15) is 0 Å². The van der Waals surface area contributed by atoms with Gasteiger partial charge in [0.2, 0.25) is 0 Å². The van der Waals surface area contributed by atoms with Crippen molar-refractivity contribution in [2.45, 2.75) is 13.0 Å². The lowest BCUT2D eigenvalue weighted by molar-refractivity contribution is 0.122. The van der Waals surface area contributed by atoms with Gasteiger partial charge in [-0.1, -0.05) is 6.07 Å². The van der Waals surface area contributed by atoms with E-state index in [1.807, 2.05) is 0 Å². The summed E-state index contributed by atoms with van der Waals surface area (Å²) in [7, 11) is 0. The SMILES string of the molecule is Cc1cc(N2CCOCC2)ccc1[C@H](N)CN. The van der Waals surface area contributed by atoms with Crippen LogP contribution in [0.1, 0.15) is 17.2 Å². The van der Waals surface area contributed by atoms with Gasteiger partial charge in [0, 0.05) is 31.4 Å². The van der Waals surface area contributed by atoms with Gasteiger partial charge in [-0.25, -0.2) is 0 Å². The van der Waals surface area contributed by atoms with E-state index in [2.05, 4.69) is 30.0 Å². The molecule has 1 atom stereocenters. The minimum absolute atomic E-state index is 0.0614. The maximum Gasteiger partial charge on any atom is 0.0642 e. The van der Waals surface area contributed by atoms with Crippen molar-refractivity contribution in [1.82, 2.24) is 0 Å². The van der Waals surface area contributed by atoms with Crippen LogP contribution < -0.4 is 16.4 Å². The standard InChI is InChI=1S/C13H21N3O/c1-10-8-11(16-4-6-17-7-5-16)2-3-12(10)13(15)9-14/h2-3,8,13H,4-7,9,14-15H2,1H3/t13-/m1/s1. The van der Waals surface area contributed by atoms with Crippen molar-refractivity contribution in [1.29, 1.82) is 0 Å². The van der Waals surface area contributed by atoms with Crippen LogP contribution in [0.15, 0.2) is 18.2 Å². The van der Waals surface area contributed by atoms with Crippen molar-refractivity contribution < 1.29 is 4.74 Å². The topological polar surface area (TPSA) is 64.5 Å². The molecule has 4 nitrogen and oxygen atoms in total. The van der Waals surface area contributed by atoms with Crippen LogP contribution in [0.4, 0.5) is 5.69 Å². The molecule has 17 heavy (non-hydrogen) atoms. The number of hydrogen-bond acceptors (Lipinski definition) is 4. The summed E-state index contributed by atoms with van der Waals surface area (Å²) in [6.45, 7) is 6.11. The molecule has 1 fully saturated rings. The van der Waals surface area contributed by atoms with Gasteiger partial charge in [0.05, 0.1) is 13.2 Å². The fourth-order valence-electron chi connectivity index (χ4n) is 2.22. The molecular weight excluding hydrogens is 214 g/mol. The molecule has 1 aromatic carbocycles. The van der Waals surface area contributed by atoms with Gasteiger partial charge < -0.3 is 21.1 Å². The van der Waals surface area contributed by atoms with Crippen molar-refractivity contribution in [2.24, 2.45) is 11.5 Å². The summed E-state index contributed by atoms with van der Waals surface area (Å²) in [6.07, 6.45) is 0. The van der Waals surface area contributed by atoms with Crippen LogP contribution in [0.25, 0.3) is 0 Å².